The van der Waals surface area contributed by atoms with Crippen LogP contribution in [0.3, 0.4) is 0 Å². The van der Waals surface area contributed by atoms with Crippen LogP contribution in [0.2, 0.25) is 0 Å². The SMILES string of the molecule is Cc1ccccc1-c1nc2s/c(=C/c3cccs3)c(=O)n2n1. The molecule has 4 aromatic rings. The fraction of sp³-hybridized carbons (Fsp3) is 0.0625. The monoisotopic (exact) mass is 325 g/mol. The molecule has 0 N–H and O–H groups in total. The van der Waals surface area contributed by atoms with Crippen LogP contribution in [0.1, 0.15) is 10.4 Å². The zero-order valence-corrected chi connectivity index (χ0v) is 13.3. The van der Waals surface area contributed by atoms with Crippen molar-refractivity contribution in [2.45, 2.75) is 6.92 Å². The summed E-state index contributed by atoms with van der Waals surface area (Å²) < 4.78 is 2.06. The number of aromatic nitrogens is 3. The predicted octanol–water partition coefficient (Wildman–Crippen LogP) is 2.74. The minimum absolute atomic E-state index is 0.110. The van der Waals surface area contributed by atoms with E-state index in [0.717, 1.165) is 16.0 Å². The Balaban J connectivity index is 1.88. The maximum atomic E-state index is 12.4. The van der Waals surface area contributed by atoms with Gasteiger partial charge in [-0.15, -0.1) is 16.4 Å². The second kappa shape index (κ2) is 5.15. The Morgan fingerprint density at radius 3 is 2.77 bits per heavy atom. The van der Waals surface area contributed by atoms with Crippen LogP contribution in [0, 0.1) is 6.92 Å². The van der Waals surface area contributed by atoms with Crippen molar-refractivity contribution < 1.29 is 0 Å². The molecule has 108 valence electrons. The Hall–Kier alpha value is -2.31. The molecule has 0 unspecified atom stereocenters. The van der Waals surface area contributed by atoms with Crippen LogP contribution in [0.4, 0.5) is 0 Å². The molecule has 3 aromatic heterocycles. The van der Waals surface area contributed by atoms with Gasteiger partial charge in [0.2, 0.25) is 4.96 Å². The first-order chi connectivity index (χ1) is 10.7. The molecule has 0 saturated heterocycles. The third-order valence-corrected chi connectivity index (χ3v) is 5.16. The van der Waals surface area contributed by atoms with Crippen molar-refractivity contribution in [1.82, 2.24) is 14.6 Å². The van der Waals surface area contributed by atoms with Crippen LogP contribution in [-0.4, -0.2) is 14.6 Å². The van der Waals surface area contributed by atoms with Gasteiger partial charge in [0.15, 0.2) is 5.82 Å². The summed E-state index contributed by atoms with van der Waals surface area (Å²) in [5, 5.41) is 6.37. The van der Waals surface area contributed by atoms with Crippen LogP contribution in [-0.2, 0) is 0 Å². The van der Waals surface area contributed by atoms with E-state index in [2.05, 4.69) is 10.1 Å². The summed E-state index contributed by atoms with van der Waals surface area (Å²) in [5.74, 6) is 0.601. The Kier molecular flexibility index (Phi) is 3.13. The third-order valence-electron chi connectivity index (χ3n) is 3.38. The Bertz CT molecular complexity index is 1060. The maximum absolute atomic E-state index is 12.4. The standard InChI is InChI=1S/C16H11N3OS2/c1-10-5-2-3-7-12(10)14-17-16-19(18-14)15(20)13(22-16)9-11-6-4-8-21-11/h2-9H,1H3/b13-9+. The van der Waals surface area contributed by atoms with Gasteiger partial charge in [-0.3, -0.25) is 4.79 Å². The molecule has 0 aliphatic carbocycles. The predicted molar refractivity (Wildman–Crippen MR) is 90.4 cm³/mol. The number of rotatable bonds is 2. The molecule has 1 aromatic carbocycles. The van der Waals surface area contributed by atoms with Crippen LogP contribution in [0.25, 0.3) is 22.4 Å². The van der Waals surface area contributed by atoms with Gasteiger partial charge in [-0.1, -0.05) is 41.7 Å². The number of hydrogen-bond acceptors (Lipinski definition) is 5. The molecule has 0 saturated carbocycles. The van der Waals surface area contributed by atoms with Crippen LogP contribution in [0.5, 0.6) is 0 Å². The molecule has 0 aliphatic heterocycles. The second-order valence-electron chi connectivity index (χ2n) is 4.88. The highest BCUT2D eigenvalue weighted by molar-refractivity contribution is 7.15. The van der Waals surface area contributed by atoms with E-state index < -0.39 is 0 Å². The Morgan fingerprint density at radius 2 is 2.05 bits per heavy atom. The van der Waals surface area contributed by atoms with Crippen molar-refractivity contribution in [3.05, 3.63) is 67.1 Å². The minimum Gasteiger partial charge on any atom is -0.266 e. The zero-order chi connectivity index (χ0) is 15.1. The molecule has 0 atom stereocenters. The van der Waals surface area contributed by atoms with Crippen molar-refractivity contribution in [2.24, 2.45) is 0 Å². The molecular formula is C16H11N3OS2. The van der Waals surface area contributed by atoms with E-state index in [1.807, 2.05) is 54.8 Å². The topological polar surface area (TPSA) is 47.3 Å². The van der Waals surface area contributed by atoms with Gasteiger partial charge in [-0.2, -0.15) is 9.50 Å². The number of thiazole rings is 1. The summed E-state index contributed by atoms with van der Waals surface area (Å²) in [6.45, 7) is 2.01. The lowest BCUT2D eigenvalue weighted by atomic mass is 10.1. The molecule has 4 rings (SSSR count). The molecule has 4 nitrogen and oxygen atoms in total. The second-order valence-corrected chi connectivity index (χ2v) is 6.86. The van der Waals surface area contributed by atoms with E-state index in [1.165, 1.54) is 15.9 Å². The molecular weight excluding hydrogens is 314 g/mol. The number of fused-ring (bicyclic) bond motifs is 1. The molecule has 0 bridgehead atoms. The van der Waals surface area contributed by atoms with E-state index in [4.69, 9.17) is 0 Å². The van der Waals surface area contributed by atoms with Crippen molar-refractivity contribution in [3.8, 4) is 11.4 Å². The highest BCUT2D eigenvalue weighted by Gasteiger charge is 2.13. The molecule has 0 fully saturated rings. The number of hydrogen-bond donors (Lipinski definition) is 0. The average Bonchev–Trinajstić information content (AvgIpc) is 3.20. The number of thiophene rings is 1. The van der Waals surface area contributed by atoms with Crippen molar-refractivity contribution in [1.29, 1.82) is 0 Å². The van der Waals surface area contributed by atoms with E-state index >= 15 is 0 Å². The van der Waals surface area contributed by atoms with Gasteiger partial charge in [0.1, 0.15) is 0 Å². The van der Waals surface area contributed by atoms with Gasteiger partial charge in [-0.05, 0) is 30.0 Å². The third kappa shape index (κ3) is 2.17. The fourth-order valence-electron chi connectivity index (χ4n) is 2.27. The molecule has 0 aliphatic rings. The van der Waals surface area contributed by atoms with Crippen molar-refractivity contribution in [3.63, 3.8) is 0 Å². The summed E-state index contributed by atoms with van der Waals surface area (Å²) in [6.07, 6.45) is 1.89. The van der Waals surface area contributed by atoms with E-state index in [1.54, 1.807) is 11.3 Å². The summed E-state index contributed by atoms with van der Waals surface area (Å²) in [7, 11) is 0. The van der Waals surface area contributed by atoms with Gasteiger partial charge in [0.05, 0.1) is 4.53 Å². The van der Waals surface area contributed by atoms with Crippen LogP contribution >= 0.6 is 22.7 Å². The minimum atomic E-state index is -0.110. The summed E-state index contributed by atoms with van der Waals surface area (Å²) in [4.78, 5) is 18.6. The first-order valence-corrected chi connectivity index (χ1v) is 8.43. The zero-order valence-electron chi connectivity index (χ0n) is 11.7. The van der Waals surface area contributed by atoms with Crippen molar-refractivity contribution >= 4 is 33.7 Å². The smallest absolute Gasteiger partial charge is 0.266 e. The largest absolute Gasteiger partial charge is 0.291 e. The maximum Gasteiger partial charge on any atom is 0.291 e. The highest BCUT2D eigenvalue weighted by Crippen LogP contribution is 2.20. The number of aryl methyl sites for hydroxylation is 1. The normalized spacial score (nSPS) is 12.3. The highest BCUT2D eigenvalue weighted by atomic mass is 32.1. The van der Waals surface area contributed by atoms with E-state index in [-0.39, 0.29) is 5.56 Å². The molecule has 0 radical (unpaired) electrons. The van der Waals surface area contributed by atoms with Gasteiger partial charge < -0.3 is 0 Å². The lowest BCUT2D eigenvalue weighted by Crippen LogP contribution is -2.23. The quantitative estimate of drug-likeness (QED) is 0.569. The van der Waals surface area contributed by atoms with Gasteiger partial charge in [0.25, 0.3) is 5.56 Å². The van der Waals surface area contributed by atoms with Gasteiger partial charge in [0, 0.05) is 10.4 Å². The lowest BCUT2D eigenvalue weighted by Gasteiger charge is -1.98. The van der Waals surface area contributed by atoms with Gasteiger partial charge in [-0.25, -0.2) is 0 Å². The molecule has 6 heteroatoms. The van der Waals surface area contributed by atoms with Crippen LogP contribution in [0.15, 0.2) is 46.6 Å². The average molecular weight is 325 g/mol. The molecule has 22 heavy (non-hydrogen) atoms. The molecule has 0 spiro atoms. The number of nitrogens with zero attached hydrogens (tertiary/aromatic N) is 3. The molecule has 3 heterocycles. The first kappa shape index (κ1) is 13.4. The summed E-state index contributed by atoms with van der Waals surface area (Å²) in [5.41, 5.74) is 1.95. The van der Waals surface area contributed by atoms with Gasteiger partial charge >= 0.3 is 0 Å². The lowest BCUT2D eigenvalue weighted by molar-refractivity contribution is 0.936. The van der Waals surface area contributed by atoms with E-state index in [0.29, 0.717) is 15.3 Å². The van der Waals surface area contributed by atoms with Crippen molar-refractivity contribution in [2.75, 3.05) is 0 Å². The van der Waals surface area contributed by atoms with E-state index in [9.17, 15) is 4.79 Å². The Labute approximate surface area is 134 Å². The number of benzene rings is 1. The summed E-state index contributed by atoms with van der Waals surface area (Å²) in [6, 6.07) is 11.9. The Morgan fingerprint density at radius 1 is 1.18 bits per heavy atom. The van der Waals surface area contributed by atoms with Crippen LogP contribution < -0.4 is 10.1 Å². The molecule has 0 amide bonds. The summed E-state index contributed by atoms with van der Waals surface area (Å²) >= 11 is 2.97. The first-order valence-electron chi connectivity index (χ1n) is 6.73. The fourth-order valence-corrected chi connectivity index (χ4v) is 3.90.